The Labute approximate surface area is 888 Å². The zero-order valence-electron chi connectivity index (χ0n) is 79.7. The maximum atomic E-state index is 16.2. The van der Waals surface area contributed by atoms with Crippen LogP contribution in [-0.2, 0) is 107 Å². The molecule has 10 bridgehead atoms. The van der Waals surface area contributed by atoms with Crippen molar-refractivity contribution in [1.29, 1.82) is 0 Å². The van der Waals surface area contributed by atoms with Crippen molar-refractivity contribution < 1.29 is 155 Å². The maximum absolute atomic E-state index is 16.2. The summed E-state index contributed by atoms with van der Waals surface area (Å²) < 4.78 is 356. The molecule has 2 saturated heterocycles. The monoisotopic (exact) mass is 2310 g/mol. The lowest BCUT2D eigenvalue weighted by Crippen LogP contribution is -2.37. The van der Waals surface area contributed by atoms with Crippen molar-refractivity contribution >= 4 is 169 Å². The lowest BCUT2D eigenvalue weighted by molar-refractivity contribution is -0.0950. The van der Waals surface area contributed by atoms with Crippen LogP contribution >= 0.6 is 78.6 Å². The summed E-state index contributed by atoms with van der Waals surface area (Å²) in [4.78, 5) is 1.39. The van der Waals surface area contributed by atoms with Crippen LogP contribution in [0.15, 0.2) is 237 Å². The molecule has 18 heterocycles. The standard InChI is InChI=1S/C101H94O35S14/c1-53-47-64(59-9-19-69(20-10-59)144(102,103)104)49-66(61-13-23-71(24-14-61)146(108,109)110)51-68(63-17-27-73(28-18-63)148(114,115)116)52-67(62-15-25-72(26-16-62)147(111,112)113)50-65(60-11-21-70(22-12-60)145(105,106)107)48-54(2)58-7-31-75(32-8-58)150(119,120)136-143-99(95-79-77(56(4)138-95)122-34-36-124-79)87-89(134-46-44-132-87)101(143)97-85-83(128-40-42-130-85)93(141-97)91-81-80(125-37-38-126-81)90(139-91)92-82-84(129-41-39-127-82)96(140-92)100-88-86(131-43-45-133-88)98(94-78-76(55(3)137-94)121-33-35-123-78)142(100)135-149(117,118)74-29-5-57(53)6-30-74/h5-32,53-54,64-68,82,84H,33-52H2,1-4H3,(H,102,103,104)(H,105,106,107)(H,108,109,110)(H,111,112,113)(H,114,115,116)/b92-90+,93-91+,100-96+,101-97+. The van der Waals surface area contributed by atoms with E-state index in [9.17, 15) is 64.9 Å². The molecule has 25 rings (SSSR count). The third-order valence-corrected chi connectivity index (χ3v) is 45.9. The van der Waals surface area contributed by atoms with Gasteiger partial charge in [0.05, 0.1) is 94.9 Å². The third kappa shape index (κ3) is 20.3. The summed E-state index contributed by atoms with van der Waals surface area (Å²) in [5, 5.41) is 0. The SMILES string of the molecule is Cc1sc(C2=S3OS(=O)(=O)c4ccc(cc4)C(C)CC(c4ccc(S(=O)(=O)O)cc4)CC(c4ccc(S(=O)(=O)O)cc4)CC(c4ccc(S(=O)(=O)O)cc4)CC(c4ccc(S(=O)(=O)O)cc4)CC(c4ccc(S(=O)(=O)O)cc4)CC(C)c4ccc(cc4)S(=O)(=O)OS4=C(c5sc(C)c6c5OCCO6)C5=C(OCCO5)/C4=c4\s/c(c5c4OCCO5)=c4/s/c(c5c4OCCO5)=C4/S/C(=C/3C3=C2OCCO3)C2OCCOC42)c2c1OCCO2. The highest BCUT2D eigenvalue weighted by atomic mass is 32.3. The van der Waals surface area contributed by atoms with E-state index in [2.05, 4.69) is 0 Å². The second-order valence-electron chi connectivity index (χ2n) is 37.0. The van der Waals surface area contributed by atoms with Crippen LogP contribution in [0.1, 0.15) is 152 Å². The fraction of sp³-hybridized carbons (Fsp3) is 0.327. The zero-order valence-corrected chi connectivity index (χ0v) is 91.1. The molecule has 5 N–H and O–H groups in total. The topological polar surface area (TPSA) is 488 Å². The van der Waals surface area contributed by atoms with Crippen LogP contribution in [0.3, 0.4) is 0 Å². The molecule has 0 saturated carbocycles. The van der Waals surface area contributed by atoms with Crippen molar-refractivity contribution in [3.05, 3.63) is 279 Å². The van der Waals surface area contributed by atoms with Gasteiger partial charge in [-0.15, -0.1) is 45.3 Å². The van der Waals surface area contributed by atoms with Gasteiger partial charge in [0.1, 0.15) is 91.5 Å². The van der Waals surface area contributed by atoms with E-state index in [4.69, 9.17) is 73.6 Å². The average molecular weight is 2320 g/mol. The molecule has 0 radical (unpaired) electrons. The number of aryl methyl sites for hydroxylation is 2. The molecule has 11 unspecified atom stereocenters. The Hall–Kier alpha value is -10.0. The fourth-order valence-corrected chi connectivity index (χ4v) is 37.1. The smallest absolute Gasteiger partial charge is 0.307 e. The molecule has 7 aromatic carbocycles. The van der Waals surface area contributed by atoms with Crippen molar-refractivity contribution in [3.8, 4) is 46.0 Å². The number of rotatable bonds is 12. The number of thioether (sulfide) groups is 1. The number of thiophene rings is 4. The number of hydrogen-bond donors (Lipinski definition) is 5. The molecule has 2 fully saturated rings. The highest BCUT2D eigenvalue weighted by molar-refractivity contribution is 8.25. The molecule has 0 aliphatic carbocycles. The number of allylic oxidation sites excluding steroid dienone is 2. The van der Waals surface area contributed by atoms with Gasteiger partial charge >= 0.3 is 20.2 Å². The number of benzene rings is 7. The third-order valence-electron chi connectivity index (χ3n) is 27.6. The van der Waals surface area contributed by atoms with E-state index < -0.39 is 170 Å². The molecule has 0 amide bonds. The predicted octanol–water partition coefficient (Wildman–Crippen LogP) is 16.8. The Balaban J connectivity index is 0.758. The van der Waals surface area contributed by atoms with Crippen molar-refractivity contribution in [2.24, 2.45) is 0 Å². The second-order valence-corrected chi connectivity index (χ2v) is 56.2. The summed E-state index contributed by atoms with van der Waals surface area (Å²) in [6.07, 6.45) is -1.33. The van der Waals surface area contributed by atoms with Crippen LogP contribution in [-0.4, -0.2) is 196 Å². The van der Waals surface area contributed by atoms with E-state index >= 15 is 16.8 Å². The van der Waals surface area contributed by atoms with E-state index in [1.807, 2.05) is 27.7 Å². The van der Waals surface area contributed by atoms with Crippen LogP contribution < -0.4 is 47.0 Å². The van der Waals surface area contributed by atoms with Gasteiger partial charge < -0.3 is 66.3 Å². The Bertz CT molecular complexity index is 8620. The zero-order chi connectivity index (χ0) is 105. The predicted molar refractivity (Wildman–Crippen MR) is 559 cm³/mol. The van der Waals surface area contributed by atoms with Crippen LogP contribution in [0.4, 0.5) is 0 Å². The molecule has 35 nitrogen and oxygen atoms in total. The van der Waals surface area contributed by atoms with Gasteiger partial charge in [-0.05, 0) is 218 Å². The van der Waals surface area contributed by atoms with Gasteiger partial charge in [0, 0.05) is 41.1 Å². The van der Waals surface area contributed by atoms with Gasteiger partial charge in [0.25, 0.3) is 50.6 Å². The van der Waals surface area contributed by atoms with Crippen LogP contribution in [0.25, 0.3) is 9.81 Å². The summed E-state index contributed by atoms with van der Waals surface area (Å²) in [6, 6.07) is 39.6. The normalized spacial score (nSPS) is 25.6. The first-order valence-corrected chi connectivity index (χ1v) is 63.8. The van der Waals surface area contributed by atoms with Gasteiger partial charge in [-0.1, -0.05) is 111 Å². The minimum atomic E-state index is -4.99. The Morgan fingerprint density at radius 2 is 0.540 bits per heavy atom. The van der Waals surface area contributed by atoms with E-state index in [0.29, 0.717) is 121 Å². The maximum Gasteiger partial charge on any atom is 0.307 e. The summed E-state index contributed by atoms with van der Waals surface area (Å²) in [5.41, 5.74) is 3.62. The van der Waals surface area contributed by atoms with Gasteiger partial charge in [-0.2, -0.15) is 66.2 Å². The molecule has 0 spiro atoms. The highest BCUT2D eigenvalue weighted by Crippen LogP contribution is 2.62. The number of fused-ring (bicyclic) bond motifs is 5. The molecule has 11 atom stereocenters. The Kier molecular flexibility index (Phi) is 28.5. The van der Waals surface area contributed by atoms with Gasteiger partial charge in [0.15, 0.2) is 69.0 Å². The van der Waals surface area contributed by atoms with Crippen molar-refractivity contribution in [1.82, 2.24) is 0 Å². The van der Waals surface area contributed by atoms with Gasteiger partial charge in [-0.3, -0.25) is 22.8 Å². The summed E-state index contributed by atoms with van der Waals surface area (Å²) in [7, 11) is -38.3. The van der Waals surface area contributed by atoms with Crippen molar-refractivity contribution in [2.45, 2.75) is 154 Å². The summed E-state index contributed by atoms with van der Waals surface area (Å²) in [6.45, 7) is 8.76. The van der Waals surface area contributed by atoms with E-state index in [1.54, 1.807) is 24.3 Å². The molecule has 49 heteroatoms. The lowest BCUT2D eigenvalue weighted by Gasteiger charge is -2.33. The molecular weight excluding hydrogens is 2220 g/mol. The van der Waals surface area contributed by atoms with E-state index in [1.165, 1.54) is 203 Å². The molecule has 14 aliphatic heterocycles. The molecule has 150 heavy (non-hydrogen) atoms. The minimum absolute atomic E-state index is 0.00529. The van der Waals surface area contributed by atoms with Gasteiger partial charge in [-0.25, -0.2) is 0 Å². The minimum Gasteiger partial charge on any atom is -0.485 e. The summed E-state index contributed by atoms with van der Waals surface area (Å²) in [5.74, 6) is -1.55. The molecule has 14 aliphatic rings. The second kappa shape index (κ2) is 41.0. The molecule has 4 aromatic heterocycles. The van der Waals surface area contributed by atoms with Crippen molar-refractivity contribution in [3.63, 3.8) is 0 Å². The number of hydrogen-bond acceptors (Lipinski definition) is 35. The Morgan fingerprint density at radius 3 is 0.873 bits per heavy atom. The first-order valence-electron chi connectivity index (χ1n) is 47.4. The molecular formula is C101H94O35S14. The Morgan fingerprint density at radius 1 is 0.280 bits per heavy atom. The van der Waals surface area contributed by atoms with E-state index in [-0.39, 0.29) is 195 Å². The quantitative estimate of drug-likeness (QED) is 0.0560. The first-order chi connectivity index (χ1) is 71.6. The molecule has 11 aromatic rings. The lowest BCUT2D eigenvalue weighted by atomic mass is 9.71. The molecule has 792 valence electrons. The average Bonchev–Trinajstić information content (AvgIpc) is 1.55. The van der Waals surface area contributed by atoms with Crippen LogP contribution in [0.2, 0.25) is 0 Å². The van der Waals surface area contributed by atoms with Gasteiger partial charge in [0.2, 0.25) is 0 Å². The summed E-state index contributed by atoms with van der Waals surface area (Å²) >= 11 is 6.30. The first kappa shape index (κ1) is 104. The van der Waals surface area contributed by atoms with Crippen molar-refractivity contribution in [2.75, 3.05) is 92.5 Å². The van der Waals surface area contributed by atoms with E-state index in [0.717, 1.165) is 0 Å². The van der Waals surface area contributed by atoms with Crippen LogP contribution in [0, 0.1) is 22.9 Å². The largest absolute Gasteiger partial charge is 0.485 e. The van der Waals surface area contributed by atoms with Crippen LogP contribution in [0.5, 0.6) is 46.0 Å². The number of ether oxygens (including phenoxy) is 14. The fourth-order valence-electron chi connectivity index (χ4n) is 20.6. The highest BCUT2D eigenvalue weighted by Gasteiger charge is 2.52.